The van der Waals surface area contributed by atoms with Crippen LogP contribution in [-0.4, -0.2) is 25.3 Å². The second-order valence-corrected chi connectivity index (χ2v) is 5.24. The Hall–Kier alpha value is -2.60. The summed E-state index contributed by atoms with van der Waals surface area (Å²) in [6, 6.07) is 10.9. The lowest BCUT2D eigenvalue weighted by Crippen LogP contribution is -2.26. The summed E-state index contributed by atoms with van der Waals surface area (Å²) in [6.45, 7) is 1.53. The van der Waals surface area contributed by atoms with E-state index in [0.29, 0.717) is 17.0 Å². The van der Waals surface area contributed by atoms with Crippen LogP contribution in [0.2, 0.25) is 5.02 Å². The molecule has 1 atom stereocenters. The number of methoxy groups -OCH3 is 1. The molecular formula is C17H16ClFN2O3. The number of carbonyl (C=O) groups excluding carboxylic acids is 1. The maximum atomic E-state index is 13.0. The molecule has 24 heavy (non-hydrogen) atoms. The second kappa shape index (κ2) is 8.31. The van der Waals surface area contributed by atoms with Crippen molar-refractivity contribution in [3.63, 3.8) is 0 Å². The topological polar surface area (TPSA) is 59.9 Å². The molecule has 5 nitrogen and oxygen atoms in total. The molecule has 0 saturated heterocycles. The van der Waals surface area contributed by atoms with E-state index in [1.54, 1.807) is 19.2 Å². The molecule has 0 bridgehead atoms. The summed E-state index contributed by atoms with van der Waals surface area (Å²) in [4.78, 5) is 17.2. The van der Waals surface area contributed by atoms with Crippen LogP contribution in [0.1, 0.15) is 12.5 Å². The number of ether oxygens (including phenoxy) is 1. The second-order valence-electron chi connectivity index (χ2n) is 4.84. The molecule has 0 heterocycles. The summed E-state index contributed by atoms with van der Waals surface area (Å²) >= 11 is 5.86. The molecule has 0 unspecified atom stereocenters. The number of benzene rings is 2. The van der Waals surface area contributed by atoms with Gasteiger partial charge < -0.3 is 14.9 Å². The third kappa shape index (κ3) is 4.70. The van der Waals surface area contributed by atoms with E-state index in [-0.39, 0.29) is 5.02 Å². The van der Waals surface area contributed by atoms with Gasteiger partial charge in [0.05, 0.1) is 24.0 Å². The van der Waals surface area contributed by atoms with Crippen molar-refractivity contribution in [3.8, 4) is 5.75 Å². The first-order valence-electron chi connectivity index (χ1n) is 7.09. The number of halogens is 2. The molecule has 0 aliphatic rings. The van der Waals surface area contributed by atoms with Gasteiger partial charge in [0.15, 0.2) is 0 Å². The molecule has 0 radical (unpaired) electrons. The number of hydrogen-bond acceptors (Lipinski definition) is 4. The van der Waals surface area contributed by atoms with E-state index in [4.69, 9.17) is 21.2 Å². The van der Waals surface area contributed by atoms with Crippen LogP contribution in [0.3, 0.4) is 0 Å². The first-order valence-corrected chi connectivity index (χ1v) is 7.47. The fourth-order valence-electron chi connectivity index (χ4n) is 1.82. The molecule has 0 aromatic heterocycles. The Morgan fingerprint density at radius 3 is 2.79 bits per heavy atom. The van der Waals surface area contributed by atoms with Crippen molar-refractivity contribution in [1.82, 2.24) is 0 Å². The summed E-state index contributed by atoms with van der Waals surface area (Å²) in [5, 5.41) is 6.44. The minimum Gasteiger partial charge on any atom is -0.496 e. The van der Waals surface area contributed by atoms with Crippen molar-refractivity contribution in [2.75, 3.05) is 12.4 Å². The largest absolute Gasteiger partial charge is 0.496 e. The fourth-order valence-corrected chi connectivity index (χ4v) is 2.04. The molecular weight excluding hydrogens is 335 g/mol. The molecule has 0 aliphatic carbocycles. The normalized spacial score (nSPS) is 12.0. The van der Waals surface area contributed by atoms with Gasteiger partial charge in [-0.05, 0) is 37.3 Å². The van der Waals surface area contributed by atoms with Crippen LogP contribution in [0.25, 0.3) is 0 Å². The first kappa shape index (κ1) is 17.7. The zero-order valence-electron chi connectivity index (χ0n) is 13.1. The van der Waals surface area contributed by atoms with Gasteiger partial charge in [-0.3, -0.25) is 4.79 Å². The average Bonchev–Trinajstić information content (AvgIpc) is 2.57. The molecule has 126 valence electrons. The van der Waals surface area contributed by atoms with E-state index in [1.165, 1.54) is 25.3 Å². The number of hydrogen-bond donors (Lipinski definition) is 1. The molecule has 7 heteroatoms. The Morgan fingerprint density at radius 2 is 2.08 bits per heavy atom. The molecule has 0 spiro atoms. The van der Waals surface area contributed by atoms with Crippen LogP contribution < -0.4 is 10.1 Å². The number of anilines is 1. The Kier molecular flexibility index (Phi) is 6.14. The summed E-state index contributed by atoms with van der Waals surface area (Å²) in [5.41, 5.74) is 1.02. The molecule has 0 saturated carbocycles. The van der Waals surface area contributed by atoms with Gasteiger partial charge in [-0.2, -0.15) is 0 Å². The van der Waals surface area contributed by atoms with E-state index in [0.717, 1.165) is 6.07 Å². The number of nitrogens with zero attached hydrogens (tertiary/aromatic N) is 1. The van der Waals surface area contributed by atoms with Crippen molar-refractivity contribution >= 4 is 29.4 Å². The fraction of sp³-hybridized carbons (Fsp3) is 0.176. The van der Waals surface area contributed by atoms with Crippen LogP contribution in [-0.2, 0) is 9.63 Å². The van der Waals surface area contributed by atoms with Crippen molar-refractivity contribution < 1.29 is 18.8 Å². The number of nitrogens with one attached hydrogen (secondary N) is 1. The number of para-hydroxylation sites is 1. The molecule has 1 N–H and O–H groups in total. The smallest absolute Gasteiger partial charge is 0.268 e. The number of amides is 1. The van der Waals surface area contributed by atoms with Gasteiger partial charge in [0.25, 0.3) is 5.91 Å². The highest BCUT2D eigenvalue weighted by Gasteiger charge is 2.15. The monoisotopic (exact) mass is 350 g/mol. The van der Waals surface area contributed by atoms with Crippen molar-refractivity contribution in [1.29, 1.82) is 0 Å². The maximum absolute atomic E-state index is 13.0. The third-order valence-electron chi connectivity index (χ3n) is 3.11. The lowest BCUT2D eigenvalue weighted by molar-refractivity contribution is -0.126. The number of carbonyl (C=O) groups is 1. The van der Waals surface area contributed by atoms with Crippen LogP contribution in [0, 0.1) is 5.82 Å². The highest BCUT2D eigenvalue weighted by Crippen LogP contribution is 2.22. The lowest BCUT2D eigenvalue weighted by Gasteiger charge is -2.11. The summed E-state index contributed by atoms with van der Waals surface area (Å²) < 4.78 is 18.2. The Labute approximate surface area is 144 Å². The van der Waals surface area contributed by atoms with Gasteiger partial charge in [0, 0.05) is 5.56 Å². The molecule has 2 aromatic carbocycles. The predicted molar refractivity (Wildman–Crippen MR) is 91.2 cm³/mol. The van der Waals surface area contributed by atoms with Gasteiger partial charge in [0.1, 0.15) is 11.6 Å². The molecule has 2 rings (SSSR count). The van der Waals surface area contributed by atoms with Gasteiger partial charge in [-0.25, -0.2) is 4.39 Å². The average molecular weight is 351 g/mol. The maximum Gasteiger partial charge on any atom is 0.268 e. The van der Waals surface area contributed by atoms with Crippen molar-refractivity contribution in [2.24, 2.45) is 5.16 Å². The van der Waals surface area contributed by atoms with Crippen LogP contribution in [0.15, 0.2) is 47.6 Å². The third-order valence-corrected chi connectivity index (χ3v) is 3.42. The van der Waals surface area contributed by atoms with Crippen molar-refractivity contribution in [2.45, 2.75) is 13.0 Å². The van der Waals surface area contributed by atoms with E-state index in [9.17, 15) is 9.18 Å². The molecule has 0 fully saturated rings. The molecule has 1 amide bonds. The minimum atomic E-state index is -0.864. The van der Waals surface area contributed by atoms with E-state index >= 15 is 0 Å². The minimum absolute atomic E-state index is 0.105. The van der Waals surface area contributed by atoms with Crippen LogP contribution in [0.4, 0.5) is 10.1 Å². The molecule has 0 aliphatic heterocycles. The predicted octanol–water partition coefficient (Wildman–Crippen LogP) is 3.87. The molecule has 2 aromatic rings. The number of rotatable bonds is 6. The first-order chi connectivity index (χ1) is 11.5. The van der Waals surface area contributed by atoms with E-state index in [2.05, 4.69) is 10.5 Å². The van der Waals surface area contributed by atoms with Gasteiger partial charge in [-0.15, -0.1) is 0 Å². The lowest BCUT2D eigenvalue weighted by atomic mass is 10.2. The SMILES string of the molecule is COc1ccccc1/C=N\O[C@@H](C)C(=O)Nc1ccc(F)cc1Cl. The van der Waals surface area contributed by atoms with E-state index in [1.807, 2.05) is 12.1 Å². The summed E-state index contributed by atoms with van der Waals surface area (Å²) in [5.74, 6) is -0.301. The Morgan fingerprint density at radius 1 is 1.33 bits per heavy atom. The quantitative estimate of drug-likeness (QED) is 0.635. The highest BCUT2D eigenvalue weighted by molar-refractivity contribution is 6.33. The summed E-state index contributed by atoms with van der Waals surface area (Å²) in [6.07, 6.45) is 0.588. The van der Waals surface area contributed by atoms with E-state index < -0.39 is 17.8 Å². The van der Waals surface area contributed by atoms with Crippen LogP contribution in [0.5, 0.6) is 5.75 Å². The van der Waals surface area contributed by atoms with Gasteiger partial charge in [0.2, 0.25) is 6.10 Å². The van der Waals surface area contributed by atoms with Crippen LogP contribution >= 0.6 is 11.6 Å². The zero-order valence-corrected chi connectivity index (χ0v) is 13.9. The summed E-state index contributed by atoms with van der Waals surface area (Å²) in [7, 11) is 1.55. The standard InChI is InChI=1S/C17H16ClFN2O3/c1-11(17(22)21-15-8-7-13(19)9-14(15)18)24-20-10-12-5-3-4-6-16(12)23-2/h3-11H,1-2H3,(H,21,22)/b20-10-/t11-/m0/s1. The van der Waals surface area contributed by atoms with Crippen molar-refractivity contribution in [3.05, 3.63) is 58.9 Å². The van der Waals surface area contributed by atoms with Gasteiger partial charge >= 0.3 is 0 Å². The zero-order chi connectivity index (χ0) is 17.5. The highest BCUT2D eigenvalue weighted by atomic mass is 35.5. The number of oxime groups is 1. The Bertz CT molecular complexity index is 752. The van der Waals surface area contributed by atoms with Gasteiger partial charge in [-0.1, -0.05) is 28.9 Å². The Balaban J connectivity index is 1.95.